The van der Waals surface area contributed by atoms with E-state index in [0.29, 0.717) is 6.54 Å². The molecule has 2 heterocycles. The van der Waals surface area contributed by atoms with Gasteiger partial charge in [-0.1, -0.05) is 6.42 Å². The first-order chi connectivity index (χ1) is 11.6. The van der Waals surface area contributed by atoms with Crippen LogP contribution in [0.3, 0.4) is 0 Å². The third-order valence-corrected chi connectivity index (χ3v) is 4.78. The van der Waals surface area contributed by atoms with Gasteiger partial charge < -0.3 is 15.5 Å². The van der Waals surface area contributed by atoms with Crippen molar-refractivity contribution in [1.29, 1.82) is 0 Å². The summed E-state index contributed by atoms with van der Waals surface area (Å²) in [7, 11) is 0. The van der Waals surface area contributed by atoms with Crippen molar-refractivity contribution in [2.45, 2.75) is 38.1 Å². The third kappa shape index (κ3) is 5.43. The molecule has 2 rings (SSSR count). The number of likely N-dealkylation sites (tertiary alicyclic amines) is 1. The molecular formula is C15H24N4O4S. The number of urea groups is 1. The number of hydrogen-bond acceptors (Lipinski definition) is 6. The third-order valence-electron chi connectivity index (χ3n) is 4.15. The number of rotatable bonds is 8. The zero-order chi connectivity index (χ0) is 17.4. The molecule has 8 nitrogen and oxygen atoms in total. The number of aliphatic hydroxyl groups is 1. The fourth-order valence-electron chi connectivity index (χ4n) is 2.83. The van der Waals surface area contributed by atoms with E-state index in [1.54, 1.807) is 0 Å². The Labute approximate surface area is 145 Å². The highest BCUT2D eigenvalue weighted by Gasteiger charge is 2.20. The summed E-state index contributed by atoms with van der Waals surface area (Å²) in [5.41, 5.74) is -0.00436. The molecule has 1 atom stereocenters. The van der Waals surface area contributed by atoms with Crippen molar-refractivity contribution < 1.29 is 19.8 Å². The molecule has 0 spiro atoms. The number of nitrogens with one attached hydrogen (secondary N) is 2. The number of aliphatic hydroxyl groups excluding tert-OH is 1. The number of aromatic carboxylic acids is 1. The highest BCUT2D eigenvalue weighted by Crippen LogP contribution is 2.17. The summed E-state index contributed by atoms with van der Waals surface area (Å²) in [6, 6.07) is -0.177. The second-order valence-electron chi connectivity index (χ2n) is 5.84. The topological polar surface area (TPSA) is 115 Å². The van der Waals surface area contributed by atoms with Gasteiger partial charge in [0, 0.05) is 18.0 Å². The number of unbranched alkanes of at least 4 members (excludes halogenated alkanes) is 1. The smallest absolute Gasteiger partial charge is 0.340 e. The zero-order valence-corrected chi connectivity index (χ0v) is 14.3. The van der Waals surface area contributed by atoms with E-state index in [9.17, 15) is 14.7 Å². The number of carboxylic acids is 1. The first-order valence-corrected chi connectivity index (χ1v) is 9.03. The molecule has 1 saturated heterocycles. The van der Waals surface area contributed by atoms with Gasteiger partial charge in [0.05, 0.1) is 6.61 Å². The number of hydrogen-bond donors (Lipinski definition) is 4. The maximum absolute atomic E-state index is 11.8. The molecule has 9 heteroatoms. The molecule has 0 aromatic carbocycles. The van der Waals surface area contributed by atoms with Gasteiger partial charge in [-0.2, -0.15) is 4.37 Å². The lowest BCUT2D eigenvalue weighted by atomic mass is 10.0. The van der Waals surface area contributed by atoms with Crippen LogP contribution in [0.4, 0.5) is 10.6 Å². The number of carboxylic acid groups (broad SMARTS) is 1. The number of carbonyl (C=O) groups is 2. The van der Waals surface area contributed by atoms with Crippen molar-refractivity contribution in [2.75, 3.05) is 31.6 Å². The van der Waals surface area contributed by atoms with Crippen LogP contribution in [0.5, 0.6) is 0 Å². The normalized spacial score (nSPS) is 18.3. The van der Waals surface area contributed by atoms with E-state index >= 15 is 0 Å². The Morgan fingerprint density at radius 1 is 1.38 bits per heavy atom. The van der Waals surface area contributed by atoms with Crippen molar-refractivity contribution in [2.24, 2.45) is 0 Å². The predicted molar refractivity (Wildman–Crippen MR) is 91.6 cm³/mol. The minimum atomic E-state index is -1.11. The maximum atomic E-state index is 11.8. The van der Waals surface area contributed by atoms with E-state index in [1.165, 1.54) is 18.2 Å². The minimum Gasteiger partial charge on any atom is -0.478 e. The average Bonchev–Trinajstić information content (AvgIpc) is 3.03. The van der Waals surface area contributed by atoms with E-state index in [-0.39, 0.29) is 24.0 Å². The van der Waals surface area contributed by atoms with Gasteiger partial charge in [0.25, 0.3) is 0 Å². The zero-order valence-electron chi connectivity index (χ0n) is 13.5. The molecule has 0 aliphatic carbocycles. The highest BCUT2D eigenvalue weighted by atomic mass is 32.1. The molecule has 1 aromatic heterocycles. The summed E-state index contributed by atoms with van der Waals surface area (Å²) in [6.07, 6.45) is 5.17. The quantitative estimate of drug-likeness (QED) is 0.526. The Morgan fingerprint density at radius 3 is 2.96 bits per heavy atom. The molecule has 1 unspecified atom stereocenters. The van der Waals surface area contributed by atoms with Crippen LogP contribution in [0.25, 0.3) is 0 Å². The van der Waals surface area contributed by atoms with Crippen LogP contribution in [-0.2, 0) is 0 Å². The molecule has 0 saturated carbocycles. The minimum absolute atomic E-state index is 0.00436. The van der Waals surface area contributed by atoms with Gasteiger partial charge in [-0.15, -0.1) is 0 Å². The summed E-state index contributed by atoms with van der Waals surface area (Å²) in [6.45, 7) is 2.67. The van der Waals surface area contributed by atoms with Crippen LogP contribution in [0.2, 0.25) is 0 Å². The van der Waals surface area contributed by atoms with Crippen LogP contribution in [0.15, 0.2) is 5.38 Å². The summed E-state index contributed by atoms with van der Waals surface area (Å²) in [5, 5.41) is 24.9. The van der Waals surface area contributed by atoms with E-state index < -0.39 is 12.0 Å². The first kappa shape index (κ1) is 18.6. The molecule has 2 amide bonds. The molecule has 24 heavy (non-hydrogen) atoms. The van der Waals surface area contributed by atoms with E-state index in [2.05, 4.69) is 19.9 Å². The van der Waals surface area contributed by atoms with Gasteiger partial charge in [0.1, 0.15) is 5.56 Å². The molecule has 0 radical (unpaired) electrons. The van der Waals surface area contributed by atoms with Gasteiger partial charge in [-0.3, -0.25) is 10.2 Å². The number of nitrogens with zero attached hydrogens (tertiary/aromatic N) is 2. The number of aromatic nitrogens is 1. The molecule has 1 aliphatic rings. The first-order valence-electron chi connectivity index (χ1n) is 8.19. The molecule has 134 valence electrons. The molecule has 1 fully saturated rings. The Balaban J connectivity index is 1.62. The van der Waals surface area contributed by atoms with Crippen LogP contribution in [0, 0.1) is 0 Å². The van der Waals surface area contributed by atoms with Gasteiger partial charge in [-0.05, 0) is 50.3 Å². The number of piperidine rings is 1. The van der Waals surface area contributed by atoms with Crippen molar-refractivity contribution in [3.63, 3.8) is 0 Å². The van der Waals surface area contributed by atoms with Crippen LogP contribution in [-0.4, -0.2) is 63.8 Å². The molecule has 4 N–H and O–H groups in total. The van der Waals surface area contributed by atoms with Crippen molar-refractivity contribution in [3.8, 4) is 0 Å². The van der Waals surface area contributed by atoms with Crippen molar-refractivity contribution >= 4 is 29.4 Å². The van der Waals surface area contributed by atoms with Crippen molar-refractivity contribution in [1.82, 2.24) is 14.6 Å². The Hall–Kier alpha value is -1.71. The maximum Gasteiger partial charge on any atom is 0.340 e. The Morgan fingerprint density at radius 2 is 2.21 bits per heavy atom. The van der Waals surface area contributed by atoms with Gasteiger partial charge in [-0.25, -0.2) is 9.59 Å². The second kappa shape index (κ2) is 9.55. The molecule has 1 aromatic rings. The Bertz CT molecular complexity index is 551. The predicted octanol–water partition coefficient (Wildman–Crippen LogP) is 1.59. The van der Waals surface area contributed by atoms with Crippen LogP contribution < -0.4 is 10.6 Å². The fraction of sp³-hybridized carbons (Fsp3) is 0.667. The summed E-state index contributed by atoms with van der Waals surface area (Å²) in [4.78, 5) is 25.0. The SMILES string of the molecule is O=C(NCCCCN1CCCCC1CO)Nc1nscc1C(=O)O. The standard InChI is InChI=1S/C15H24N4O4S/c20-9-11-5-1-3-7-19(11)8-4-2-6-16-15(23)17-13-12(14(21)22)10-24-18-13/h10-11,20H,1-9H2,(H,21,22)(H2,16,17,18,23). The van der Waals surface area contributed by atoms with Crippen LogP contribution in [0.1, 0.15) is 42.5 Å². The monoisotopic (exact) mass is 356 g/mol. The summed E-state index contributed by atoms with van der Waals surface area (Å²) < 4.78 is 3.86. The van der Waals surface area contributed by atoms with E-state index in [4.69, 9.17) is 5.11 Å². The average molecular weight is 356 g/mol. The highest BCUT2D eigenvalue weighted by molar-refractivity contribution is 7.04. The molecular weight excluding hydrogens is 332 g/mol. The lowest BCUT2D eigenvalue weighted by Crippen LogP contribution is -2.42. The van der Waals surface area contributed by atoms with Gasteiger partial charge >= 0.3 is 12.0 Å². The lowest BCUT2D eigenvalue weighted by Gasteiger charge is -2.34. The van der Waals surface area contributed by atoms with Crippen molar-refractivity contribution in [3.05, 3.63) is 10.9 Å². The van der Waals surface area contributed by atoms with E-state index in [0.717, 1.165) is 43.9 Å². The van der Waals surface area contributed by atoms with Gasteiger partial charge in [0.15, 0.2) is 5.82 Å². The summed E-state index contributed by atoms with van der Waals surface area (Å²) in [5.74, 6) is -1.04. The second-order valence-corrected chi connectivity index (χ2v) is 6.47. The summed E-state index contributed by atoms with van der Waals surface area (Å²) >= 11 is 0.987. The molecule has 1 aliphatic heterocycles. The number of anilines is 1. The fourth-order valence-corrected chi connectivity index (χ4v) is 3.45. The molecule has 0 bridgehead atoms. The van der Waals surface area contributed by atoms with Gasteiger partial charge in [0.2, 0.25) is 0 Å². The lowest BCUT2D eigenvalue weighted by molar-refractivity contribution is 0.0698. The number of carbonyl (C=O) groups excluding carboxylic acids is 1. The van der Waals surface area contributed by atoms with E-state index in [1.807, 2.05) is 0 Å². The Kier molecular flexibility index (Phi) is 7.41. The van der Waals surface area contributed by atoms with Crippen LogP contribution >= 0.6 is 11.5 Å². The number of amides is 2. The largest absolute Gasteiger partial charge is 0.478 e.